The summed E-state index contributed by atoms with van der Waals surface area (Å²) in [7, 11) is 0. The number of benzene rings is 1. The second kappa shape index (κ2) is 6.05. The van der Waals surface area contributed by atoms with Gasteiger partial charge in [0.2, 0.25) is 0 Å². The Labute approximate surface area is 141 Å². The fourth-order valence-electron chi connectivity index (χ4n) is 4.22. The van der Waals surface area contributed by atoms with Gasteiger partial charge in [-0.1, -0.05) is 30.3 Å². The first kappa shape index (κ1) is 16.4. The molecule has 2 N–H and O–H groups in total. The predicted molar refractivity (Wildman–Crippen MR) is 85.7 cm³/mol. The van der Waals surface area contributed by atoms with Gasteiger partial charge in [0, 0.05) is 5.54 Å². The third kappa shape index (κ3) is 2.77. The van der Waals surface area contributed by atoms with Crippen LogP contribution in [0.2, 0.25) is 0 Å². The van der Waals surface area contributed by atoms with Gasteiger partial charge in [0.15, 0.2) is 6.29 Å². The normalized spacial score (nSPS) is 43.4. The summed E-state index contributed by atoms with van der Waals surface area (Å²) < 4.78 is 11.6. The topological polar surface area (TPSA) is 71.4 Å². The van der Waals surface area contributed by atoms with Crippen LogP contribution in [0, 0.1) is 0 Å². The maximum Gasteiger partial charge on any atom is 0.184 e. The Hall–Kier alpha value is -1.02. The zero-order valence-electron chi connectivity index (χ0n) is 14.0. The molecule has 3 heterocycles. The smallest absolute Gasteiger partial charge is 0.184 e. The molecule has 3 aliphatic rings. The van der Waals surface area contributed by atoms with Crippen molar-refractivity contribution in [1.82, 2.24) is 5.06 Å². The Bertz CT molecular complexity index is 580. The van der Waals surface area contributed by atoms with Crippen molar-refractivity contribution >= 4 is 0 Å². The third-order valence-electron chi connectivity index (χ3n) is 5.31. The Kier molecular flexibility index (Phi) is 4.15. The molecule has 2 unspecified atom stereocenters. The summed E-state index contributed by atoms with van der Waals surface area (Å²) in [5.74, 6) is 0. The second-order valence-electron chi connectivity index (χ2n) is 7.62. The highest BCUT2D eigenvalue weighted by atomic mass is 16.7. The van der Waals surface area contributed by atoms with Crippen LogP contribution in [-0.2, 0) is 20.9 Å². The molecular formula is C18H25NO5. The Morgan fingerprint density at radius 2 is 2.00 bits per heavy atom. The van der Waals surface area contributed by atoms with Crippen LogP contribution in [0.15, 0.2) is 30.3 Å². The van der Waals surface area contributed by atoms with E-state index in [9.17, 15) is 10.2 Å². The lowest BCUT2D eigenvalue weighted by atomic mass is 9.85. The Balaban J connectivity index is 1.49. The number of fused-ring (bicyclic) bond motifs is 2. The molecule has 132 valence electrons. The van der Waals surface area contributed by atoms with Gasteiger partial charge in [-0.2, -0.15) is 5.06 Å². The fraction of sp³-hybridized carbons (Fsp3) is 0.667. The number of nitrogens with zero attached hydrogens (tertiary/aromatic N) is 1. The third-order valence-corrected chi connectivity index (χ3v) is 5.31. The molecule has 3 fully saturated rings. The first-order valence-corrected chi connectivity index (χ1v) is 8.59. The van der Waals surface area contributed by atoms with Crippen molar-refractivity contribution in [2.45, 2.75) is 75.6 Å². The minimum absolute atomic E-state index is 0.0219. The molecule has 6 heteroatoms. The summed E-state index contributed by atoms with van der Waals surface area (Å²) >= 11 is 0. The summed E-state index contributed by atoms with van der Waals surface area (Å²) in [5.41, 5.74) is 0.953. The van der Waals surface area contributed by atoms with E-state index in [1.54, 1.807) is 0 Å². The molecule has 7 atom stereocenters. The lowest BCUT2D eigenvalue weighted by Gasteiger charge is -2.39. The number of rotatable bonds is 4. The van der Waals surface area contributed by atoms with Crippen molar-refractivity contribution in [3.8, 4) is 0 Å². The monoisotopic (exact) mass is 335 g/mol. The molecule has 3 aliphatic heterocycles. The van der Waals surface area contributed by atoms with E-state index in [1.165, 1.54) is 0 Å². The molecule has 3 saturated heterocycles. The molecule has 6 nitrogen and oxygen atoms in total. The summed E-state index contributed by atoms with van der Waals surface area (Å²) in [4.78, 5) is 5.93. The first-order valence-electron chi connectivity index (χ1n) is 8.59. The maximum absolute atomic E-state index is 10.3. The minimum atomic E-state index is -1.22. The summed E-state index contributed by atoms with van der Waals surface area (Å²) in [6.07, 6.45) is -1.28. The SMILES string of the molecule is CC1(C)C[C@H]2C[C@H]([C@H]3OC(O)[C@H](O)[C@H]3OCc3ccccc3)N1O2. The van der Waals surface area contributed by atoms with Crippen LogP contribution in [0.5, 0.6) is 0 Å². The highest BCUT2D eigenvalue weighted by molar-refractivity contribution is 5.14. The number of hydrogen-bond donors (Lipinski definition) is 2. The number of hydroxylamine groups is 2. The van der Waals surface area contributed by atoms with E-state index in [4.69, 9.17) is 14.3 Å². The van der Waals surface area contributed by atoms with E-state index >= 15 is 0 Å². The van der Waals surface area contributed by atoms with E-state index in [2.05, 4.69) is 13.8 Å². The molecule has 0 saturated carbocycles. The van der Waals surface area contributed by atoms with E-state index in [-0.39, 0.29) is 17.7 Å². The predicted octanol–water partition coefficient (Wildman–Crippen LogP) is 1.21. The molecule has 1 aromatic carbocycles. The van der Waals surface area contributed by atoms with Crippen molar-refractivity contribution in [3.05, 3.63) is 35.9 Å². The molecule has 0 aromatic heterocycles. The van der Waals surface area contributed by atoms with Gasteiger partial charge in [-0.15, -0.1) is 0 Å². The molecule has 1 aromatic rings. The van der Waals surface area contributed by atoms with Gasteiger partial charge in [-0.25, -0.2) is 0 Å². The number of aliphatic hydroxyl groups excluding tert-OH is 2. The average molecular weight is 335 g/mol. The van der Waals surface area contributed by atoms with Gasteiger partial charge < -0.3 is 19.7 Å². The van der Waals surface area contributed by atoms with Gasteiger partial charge in [-0.3, -0.25) is 4.84 Å². The second-order valence-corrected chi connectivity index (χ2v) is 7.62. The number of aliphatic hydroxyl groups is 2. The molecular weight excluding hydrogens is 310 g/mol. The van der Waals surface area contributed by atoms with Crippen molar-refractivity contribution in [2.75, 3.05) is 0 Å². The minimum Gasteiger partial charge on any atom is -0.385 e. The highest BCUT2D eigenvalue weighted by Gasteiger charge is 2.58. The first-order chi connectivity index (χ1) is 11.5. The van der Waals surface area contributed by atoms with E-state index in [0.29, 0.717) is 6.61 Å². The van der Waals surface area contributed by atoms with Gasteiger partial charge in [0.05, 0.1) is 18.8 Å². The van der Waals surface area contributed by atoms with Crippen molar-refractivity contribution in [1.29, 1.82) is 0 Å². The van der Waals surface area contributed by atoms with Crippen LogP contribution in [0.1, 0.15) is 32.3 Å². The lowest BCUT2D eigenvalue weighted by molar-refractivity contribution is -0.200. The molecule has 4 rings (SSSR count). The van der Waals surface area contributed by atoms with Crippen LogP contribution in [0.3, 0.4) is 0 Å². The van der Waals surface area contributed by atoms with Crippen molar-refractivity contribution in [2.24, 2.45) is 0 Å². The molecule has 24 heavy (non-hydrogen) atoms. The van der Waals surface area contributed by atoms with E-state index in [0.717, 1.165) is 18.4 Å². The van der Waals surface area contributed by atoms with Gasteiger partial charge in [0.1, 0.15) is 18.3 Å². The average Bonchev–Trinajstić information content (AvgIpc) is 3.18. The van der Waals surface area contributed by atoms with E-state index in [1.807, 2.05) is 35.4 Å². The van der Waals surface area contributed by atoms with Gasteiger partial charge in [0.25, 0.3) is 0 Å². The summed E-state index contributed by atoms with van der Waals surface area (Å²) in [6.45, 7) is 4.65. The van der Waals surface area contributed by atoms with Crippen LogP contribution < -0.4 is 0 Å². The standard InChI is InChI=1S/C18H25NO5/c1-18(2)9-12-8-13(19(18)24-12)15-16(14(20)17(21)23-15)22-10-11-6-4-3-5-7-11/h3-7,12-17,20-21H,8-10H2,1-2H3/t12-,13-,14-,15-,16-,17?/m1/s1. The molecule has 0 spiro atoms. The van der Waals surface area contributed by atoms with Crippen LogP contribution in [0.4, 0.5) is 0 Å². The number of piperidine rings is 1. The molecule has 2 bridgehead atoms. The summed E-state index contributed by atoms with van der Waals surface area (Å²) in [5, 5.41) is 22.3. The zero-order valence-corrected chi connectivity index (χ0v) is 14.0. The van der Waals surface area contributed by atoms with Gasteiger partial charge in [-0.05, 0) is 32.3 Å². The van der Waals surface area contributed by atoms with Gasteiger partial charge >= 0.3 is 0 Å². The largest absolute Gasteiger partial charge is 0.385 e. The lowest BCUT2D eigenvalue weighted by Crippen LogP contribution is -2.53. The van der Waals surface area contributed by atoms with Crippen LogP contribution in [-0.4, -0.2) is 57.6 Å². The quantitative estimate of drug-likeness (QED) is 0.862. The molecule has 0 aliphatic carbocycles. The van der Waals surface area contributed by atoms with Crippen LogP contribution in [0.25, 0.3) is 0 Å². The Morgan fingerprint density at radius 1 is 1.25 bits per heavy atom. The van der Waals surface area contributed by atoms with E-state index < -0.39 is 24.6 Å². The highest BCUT2D eigenvalue weighted by Crippen LogP contribution is 2.45. The van der Waals surface area contributed by atoms with Crippen LogP contribution >= 0.6 is 0 Å². The zero-order chi connectivity index (χ0) is 16.9. The number of hydrogen-bond acceptors (Lipinski definition) is 6. The summed E-state index contributed by atoms with van der Waals surface area (Å²) in [6, 6.07) is 9.77. The maximum atomic E-state index is 10.3. The molecule has 0 radical (unpaired) electrons. The fourth-order valence-corrected chi connectivity index (χ4v) is 4.22. The number of ether oxygens (including phenoxy) is 2. The van der Waals surface area contributed by atoms with Crippen molar-refractivity contribution < 1.29 is 24.5 Å². The van der Waals surface area contributed by atoms with Crippen molar-refractivity contribution in [3.63, 3.8) is 0 Å². The Morgan fingerprint density at radius 3 is 2.67 bits per heavy atom. The molecule has 0 amide bonds.